The van der Waals surface area contributed by atoms with E-state index < -0.39 is 6.29 Å². The Hall–Kier alpha value is -2.30. The van der Waals surface area contributed by atoms with Crippen molar-refractivity contribution in [1.29, 1.82) is 0 Å². The maximum atomic E-state index is 12.9. The van der Waals surface area contributed by atoms with Gasteiger partial charge in [-0.25, -0.2) is 0 Å². The average Bonchev–Trinajstić information content (AvgIpc) is 2.70. The molecule has 0 amide bonds. The van der Waals surface area contributed by atoms with Crippen LogP contribution >= 0.6 is 0 Å². The third-order valence-electron chi connectivity index (χ3n) is 2.74. The van der Waals surface area contributed by atoms with E-state index in [0.717, 1.165) is 5.56 Å². The summed E-state index contributed by atoms with van der Waals surface area (Å²) in [5, 5.41) is 3.14. The van der Waals surface area contributed by atoms with Gasteiger partial charge in [0, 0.05) is 18.3 Å². The van der Waals surface area contributed by atoms with Gasteiger partial charge in [0.15, 0.2) is 11.5 Å². The fourth-order valence-corrected chi connectivity index (χ4v) is 1.86. The van der Waals surface area contributed by atoms with Crippen LogP contribution in [-0.4, -0.2) is 6.29 Å². The lowest BCUT2D eigenvalue weighted by Crippen LogP contribution is -2.25. The first kappa shape index (κ1) is 11.8. The van der Waals surface area contributed by atoms with E-state index in [1.807, 2.05) is 30.3 Å². The molecule has 0 saturated carbocycles. The first-order valence-electron chi connectivity index (χ1n) is 5.80. The van der Waals surface area contributed by atoms with E-state index in [1.54, 1.807) is 6.07 Å². The standard InChI is InChI=1S/C14H11F2NO2/c15-14(16)18-12-7-6-11(8-13(12)19-14)17-9-10-4-2-1-3-5-10/h1-8,17H,9H2. The molecule has 1 heterocycles. The number of ether oxygens (including phenoxy) is 2. The van der Waals surface area contributed by atoms with Crippen LogP contribution in [-0.2, 0) is 6.54 Å². The number of alkyl halides is 2. The maximum Gasteiger partial charge on any atom is 0.586 e. The Balaban J connectivity index is 1.71. The van der Waals surface area contributed by atoms with Crippen molar-refractivity contribution in [3.05, 3.63) is 54.1 Å². The van der Waals surface area contributed by atoms with Crippen LogP contribution < -0.4 is 14.8 Å². The van der Waals surface area contributed by atoms with Crippen molar-refractivity contribution < 1.29 is 18.3 Å². The van der Waals surface area contributed by atoms with Crippen molar-refractivity contribution >= 4 is 5.69 Å². The number of anilines is 1. The van der Waals surface area contributed by atoms with Gasteiger partial charge in [0.2, 0.25) is 0 Å². The molecule has 0 unspecified atom stereocenters. The lowest BCUT2D eigenvalue weighted by atomic mass is 10.2. The zero-order chi connectivity index (χ0) is 13.3. The van der Waals surface area contributed by atoms with Crippen molar-refractivity contribution in [2.45, 2.75) is 12.8 Å². The number of nitrogens with one attached hydrogen (secondary N) is 1. The molecule has 2 aromatic rings. The SMILES string of the molecule is FC1(F)Oc2ccc(NCc3ccccc3)cc2O1. The first-order chi connectivity index (χ1) is 9.12. The molecule has 0 spiro atoms. The van der Waals surface area contributed by atoms with E-state index >= 15 is 0 Å². The molecule has 5 heteroatoms. The second-order valence-corrected chi connectivity index (χ2v) is 4.17. The zero-order valence-corrected chi connectivity index (χ0v) is 9.90. The highest BCUT2D eigenvalue weighted by Crippen LogP contribution is 2.42. The van der Waals surface area contributed by atoms with Crippen molar-refractivity contribution in [1.82, 2.24) is 0 Å². The Bertz CT molecular complexity index is 587. The molecule has 2 aromatic carbocycles. The molecule has 3 nitrogen and oxygen atoms in total. The van der Waals surface area contributed by atoms with Crippen molar-refractivity contribution in [3.63, 3.8) is 0 Å². The Morgan fingerprint density at radius 2 is 1.68 bits per heavy atom. The molecule has 0 aliphatic carbocycles. The highest BCUT2D eigenvalue weighted by Gasteiger charge is 2.43. The summed E-state index contributed by atoms with van der Waals surface area (Å²) in [4.78, 5) is 0. The van der Waals surface area contributed by atoms with Gasteiger partial charge in [-0.05, 0) is 17.7 Å². The minimum atomic E-state index is -3.57. The predicted molar refractivity (Wildman–Crippen MR) is 66.4 cm³/mol. The van der Waals surface area contributed by atoms with Crippen LogP contribution in [0.1, 0.15) is 5.56 Å². The summed E-state index contributed by atoms with van der Waals surface area (Å²) in [6.07, 6.45) is -3.57. The quantitative estimate of drug-likeness (QED) is 0.917. The number of hydrogen-bond donors (Lipinski definition) is 1. The fourth-order valence-electron chi connectivity index (χ4n) is 1.86. The smallest absolute Gasteiger partial charge is 0.395 e. The van der Waals surface area contributed by atoms with Gasteiger partial charge in [-0.3, -0.25) is 0 Å². The number of halogens is 2. The zero-order valence-electron chi connectivity index (χ0n) is 9.90. The molecule has 0 aromatic heterocycles. The minimum Gasteiger partial charge on any atom is -0.395 e. The molecular formula is C14H11F2NO2. The van der Waals surface area contributed by atoms with Gasteiger partial charge in [0.1, 0.15) is 0 Å². The van der Waals surface area contributed by atoms with Gasteiger partial charge in [-0.15, -0.1) is 8.78 Å². The Morgan fingerprint density at radius 1 is 0.947 bits per heavy atom. The molecule has 3 rings (SSSR count). The normalized spacial score (nSPS) is 15.3. The van der Waals surface area contributed by atoms with E-state index in [4.69, 9.17) is 0 Å². The van der Waals surface area contributed by atoms with Gasteiger partial charge < -0.3 is 14.8 Å². The van der Waals surface area contributed by atoms with Gasteiger partial charge in [0.05, 0.1) is 0 Å². The van der Waals surface area contributed by atoms with Crippen molar-refractivity contribution in [2.75, 3.05) is 5.32 Å². The molecule has 98 valence electrons. The summed E-state index contributed by atoms with van der Waals surface area (Å²) < 4.78 is 34.4. The van der Waals surface area contributed by atoms with E-state index in [1.165, 1.54) is 12.1 Å². The highest BCUT2D eigenvalue weighted by atomic mass is 19.3. The van der Waals surface area contributed by atoms with Gasteiger partial charge in [-0.2, -0.15) is 0 Å². The summed E-state index contributed by atoms with van der Waals surface area (Å²) in [6, 6.07) is 14.4. The molecule has 0 saturated heterocycles. The van der Waals surface area contributed by atoms with E-state index in [2.05, 4.69) is 14.8 Å². The summed E-state index contributed by atoms with van der Waals surface area (Å²) in [7, 11) is 0. The Morgan fingerprint density at radius 3 is 2.47 bits per heavy atom. The lowest BCUT2D eigenvalue weighted by Gasteiger charge is -2.07. The van der Waals surface area contributed by atoms with Crippen LogP contribution in [0.5, 0.6) is 11.5 Å². The predicted octanol–water partition coefficient (Wildman–Crippen LogP) is 3.62. The van der Waals surface area contributed by atoms with E-state index in [-0.39, 0.29) is 11.5 Å². The van der Waals surface area contributed by atoms with Crippen LogP contribution in [0.3, 0.4) is 0 Å². The Labute approximate surface area is 108 Å². The van der Waals surface area contributed by atoms with Crippen molar-refractivity contribution in [2.24, 2.45) is 0 Å². The highest BCUT2D eigenvalue weighted by molar-refractivity contribution is 5.56. The lowest BCUT2D eigenvalue weighted by molar-refractivity contribution is -0.286. The van der Waals surface area contributed by atoms with Crippen LogP contribution in [0.4, 0.5) is 14.5 Å². The fraction of sp³-hybridized carbons (Fsp3) is 0.143. The van der Waals surface area contributed by atoms with Gasteiger partial charge in [-0.1, -0.05) is 30.3 Å². The largest absolute Gasteiger partial charge is 0.586 e. The monoisotopic (exact) mass is 263 g/mol. The summed E-state index contributed by atoms with van der Waals surface area (Å²) in [6.45, 7) is 0.608. The van der Waals surface area contributed by atoms with Gasteiger partial charge >= 0.3 is 6.29 Å². The topological polar surface area (TPSA) is 30.5 Å². The molecule has 1 N–H and O–H groups in total. The first-order valence-corrected chi connectivity index (χ1v) is 5.80. The number of rotatable bonds is 3. The summed E-state index contributed by atoms with van der Waals surface area (Å²) in [5.41, 5.74) is 1.80. The molecule has 0 radical (unpaired) electrons. The molecule has 1 aliphatic heterocycles. The molecular weight excluding hydrogens is 252 g/mol. The number of benzene rings is 2. The second kappa shape index (κ2) is 4.42. The summed E-state index contributed by atoms with van der Waals surface area (Å²) in [5.74, 6) is 0.0957. The third kappa shape index (κ3) is 2.59. The molecule has 0 atom stereocenters. The number of fused-ring (bicyclic) bond motifs is 1. The molecule has 0 bridgehead atoms. The third-order valence-corrected chi connectivity index (χ3v) is 2.74. The average molecular weight is 263 g/mol. The van der Waals surface area contributed by atoms with E-state index in [0.29, 0.717) is 12.2 Å². The Kier molecular flexibility index (Phi) is 2.74. The maximum absolute atomic E-state index is 12.9. The molecule has 1 aliphatic rings. The van der Waals surface area contributed by atoms with Crippen LogP contribution in [0.2, 0.25) is 0 Å². The summed E-state index contributed by atoms with van der Waals surface area (Å²) >= 11 is 0. The van der Waals surface area contributed by atoms with Crippen molar-refractivity contribution in [3.8, 4) is 11.5 Å². The van der Waals surface area contributed by atoms with Crippen LogP contribution in [0.15, 0.2) is 48.5 Å². The number of hydrogen-bond acceptors (Lipinski definition) is 3. The molecule has 0 fully saturated rings. The van der Waals surface area contributed by atoms with Crippen LogP contribution in [0.25, 0.3) is 0 Å². The van der Waals surface area contributed by atoms with Gasteiger partial charge in [0.25, 0.3) is 0 Å². The van der Waals surface area contributed by atoms with Crippen LogP contribution in [0, 0.1) is 0 Å². The van der Waals surface area contributed by atoms with E-state index in [9.17, 15) is 8.78 Å². The minimum absolute atomic E-state index is 0.0445. The second-order valence-electron chi connectivity index (χ2n) is 4.17. The molecule has 19 heavy (non-hydrogen) atoms.